The number of piperidine rings is 1. The van der Waals surface area contributed by atoms with Crippen molar-refractivity contribution in [2.24, 2.45) is 0 Å². The molecule has 3 heterocycles. The summed E-state index contributed by atoms with van der Waals surface area (Å²) in [5.41, 5.74) is 2.32. The van der Waals surface area contributed by atoms with Gasteiger partial charge < -0.3 is 14.7 Å². The molecule has 3 aromatic rings. The lowest BCUT2D eigenvalue weighted by atomic mass is 10.1. The molecule has 0 saturated carbocycles. The van der Waals surface area contributed by atoms with Gasteiger partial charge in [-0.25, -0.2) is 0 Å². The number of nitrogens with zero attached hydrogens (tertiary/aromatic N) is 1. The molecule has 1 aromatic carbocycles. The van der Waals surface area contributed by atoms with Crippen LogP contribution in [-0.4, -0.2) is 35.4 Å². The number of likely N-dealkylation sites (tertiary alicyclic amines) is 1. The van der Waals surface area contributed by atoms with Crippen LogP contribution in [0.1, 0.15) is 43.0 Å². The van der Waals surface area contributed by atoms with Crippen molar-refractivity contribution in [2.45, 2.75) is 38.1 Å². The zero-order valence-electron chi connectivity index (χ0n) is 15.6. The van der Waals surface area contributed by atoms with E-state index in [1.165, 1.54) is 30.2 Å². The van der Waals surface area contributed by atoms with Crippen LogP contribution in [-0.2, 0) is 11.2 Å². The number of hydrogen-bond donors (Lipinski definition) is 2. The minimum atomic E-state index is 0.0915. The molecule has 1 atom stereocenters. The Kier molecular flexibility index (Phi) is 5.58. The van der Waals surface area contributed by atoms with Crippen LogP contribution in [0.15, 0.2) is 53.3 Å². The highest BCUT2D eigenvalue weighted by Crippen LogP contribution is 2.24. The summed E-state index contributed by atoms with van der Waals surface area (Å²) in [5.74, 6) is 1.03. The first-order valence-electron chi connectivity index (χ1n) is 9.90. The Morgan fingerprint density at radius 2 is 2.00 bits per heavy atom. The molecule has 1 aliphatic rings. The number of rotatable bonds is 7. The highest BCUT2D eigenvalue weighted by Gasteiger charge is 2.24. The van der Waals surface area contributed by atoms with Gasteiger partial charge in [0.2, 0.25) is 5.91 Å². The fourth-order valence-electron chi connectivity index (χ4n) is 4.01. The highest BCUT2D eigenvalue weighted by molar-refractivity contribution is 5.84. The second-order valence-electron chi connectivity index (χ2n) is 7.29. The van der Waals surface area contributed by atoms with Crippen LogP contribution in [0.2, 0.25) is 0 Å². The number of hydrogen-bond acceptors (Lipinski definition) is 3. The number of aromatic amines is 1. The van der Waals surface area contributed by atoms with Gasteiger partial charge in [-0.1, -0.05) is 24.6 Å². The zero-order valence-corrected chi connectivity index (χ0v) is 15.6. The molecule has 5 nitrogen and oxygen atoms in total. The molecule has 2 N–H and O–H groups in total. The molecule has 0 radical (unpaired) electrons. The SMILES string of the molecule is O=C(CCc1c[nH]c2ccccc12)NCC(c1ccco1)N1CCCCC1. The van der Waals surface area contributed by atoms with Crippen LogP contribution in [0.25, 0.3) is 10.9 Å². The average Bonchev–Trinajstić information content (AvgIpc) is 3.38. The van der Waals surface area contributed by atoms with Gasteiger partial charge in [0.15, 0.2) is 0 Å². The molecule has 1 amide bonds. The van der Waals surface area contributed by atoms with Crippen molar-refractivity contribution in [1.29, 1.82) is 0 Å². The van der Waals surface area contributed by atoms with Crippen molar-refractivity contribution in [3.63, 3.8) is 0 Å². The summed E-state index contributed by atoms with van der Waals surface area (Å²) in [6.45, 7) is 2.73. The van der Waals surface area contributed by atoms with Gasteiger partial charge in [-0.05, 0) is 56.1 Å². The van der Waals surface area contributed by atoms with E-state index >= 15 is 0 Å². The number of aryl methyl sites for hydroxylation is 1. The normalized spacial score (nSPS) is 16.4. The van der Waals surface area contributed by atoms with E-state index in [1.807, 2.05) is 30.5 Å². The van der Waals surface area contributed by atoms with Crippen LogP contribution in [0.4, 0.5) is 0 Å². The van der Waals surface area contributed by atoms with Crippen molar-refractivity contribution in [2.75, 3.05) is 19.6 Å². The number of amides is 1. The van der Waals surface area contributed by atoms with Gasteiger partial charge in [-0.2, -0.15) is 0 Å². The predicted octanol–water partition coefficient (Wildman–Crippen LogP) is 4.04. The van der Waals surface area contributed by atoms with Crippen LogP contribution >= 0.6 is 0 Å². The molecule has 27 heavy (non-hydrogen) atoms. The van der Waals surface area contributed by atoms with Gasteiger partial charge in [0, 0.05) is 30.1 Å². The summed E-state index contributed by atoms with van der Waals surface area (Å²) in [6.07, 6.45) is 8.68. The topological polar surface area (TPSA) is 61.3 Å². The third-order valence-electron chi connectivity index (χ3n) is 5.49. The van der Waals surface area contributed by atoms with Crippen molar-refractivity contribution in [3.05, 3.63) is 60.2 Å². The summed E-state index contributed by atoms with van der Waals surface area (Å²) < 4.78 is 5.65. The number of para-hydroxylation sites is 1. The molecular formula is C22H27N3O2. The first-order chi connectivity index (χ1) is 13.3. The van der Waals surface area contributed by atoms with Crippen LogP contribution in [0, 0.1) is 0 Å². The third kappa shape index (κ3) is 4.25. The number of aromatic nitrogens is 1. The maximum Gasteiger partial charge on any atom is 0.220 e. The number of H-pyrrole nitrogens is 1. The first-order valence-corrected chi connectivity index (χ1v) is 9.90. The third-order valence-corrected chi connectivity index (χ3v) is 5.49. The number of nitrogens with one attached hydrogen (secondary N) is 2. The zero-order chi connectivity index (χ0) is 18.5. The van der Waals surface area contributed by atoms with Gasteiger partial charge in [-0.15, -0.1) is 0 Å². The standard InChI is InChI=1S/C22H27N3O2/c26-22(11-10-17-15-23-19-8-3-2-7-18(17)19)24-16-20(21-9-6-14-27-21)25-12-4-1-5-13-25/h2-3,6-9,14-15,20,23H,1,4-5,10-13,16H2,(H,24,26). The van der Waals surface area contributed by atoms with E-state index in [4.69, 9.17) is 4.42 Å². The van der Waals surface area contributed by atoms with E-state index in [-0.39, 0.29) is 11.9 Å². The Hall–Kier alpha value is -2.53. The second-order valence-corrected chi connectivity index (χ2v) is 7.29. The molecule has 1 unspecified atom stereocenters. The van der Waals surface area contributed by atoms with Crippen LogP contribution in [0.3, 0.4) is 0 Å². The molecular weight excluding hydrogens is 338 g/mol. The Morgan fingerprint density at radius 3 is 2.81 bits per heavy atom. The van der Waals surface area contributed by atoms with Crippen molar-refractivity contribution >= 4 is 16.8 Å². The lowest BCUT2D eigenvalue weighted by Crippen LogP contribution is -2.40. The Bertz CT molecular complexity index is 863. The smallest absolute Gasteiger partial charge is 0.220 e. The van der Waals surface area contributed by atoms with Gasteiger partial charge in [0.05, 0.1) is 12.3 Å². The number of carbonyl (C=O) groups is 1. The van der Waals surface area contributed by atoms with Crippen molar-refractivity contribution in [1.82, 2.24) is 15.2 Å². The van der Waals surface area contributed by atoms with E-state index in [0.717, 1.165) is 30.8 Å². The fourth-order valence-corrected chi connectivity index (χ4v) is 4.01. The van der Waals surface area contributed by atoms with Gasteiger partial charge in [0.25, 0.3) is 0 Å². The molecule has 0 bridgehead atoms. The molecule has 1 fully saturated rings. The molecule has 2 aromatic heterocycles. The van der Waals surface area contributed by atoms with Gasteiger partial charge >= 0.3 is 0 Å². The average molecular weight is 365 g/mol. The van der Waals surface area contributed by atoms with Gasteiger partial charge in [0.1, 0.15) is 5.76 Å². The Balaban J connectivity index is 1.34. The van der Waals surface area contributed by atoms with Crippen molar-refractivity contribution in [3.8, 4) is 0 Å². The number of fused-ring (bicyclic) bond motifs is 1. The first kappa shape index (κ1) is 17.9. The van der Waals surface area contributed by atoms with E-state index < -0.39 is 0 Å². The predicted molar refractivity (Wildman–Crippen MR) is 107 cm³/mol. The van der Waals surface area contributed by atoms with E-state index in [2.05, 4.69) is 27.3 Å². The quantitative estimate of drug-likeness (QED) is 0.664. The fraction of sp³-hybridized carbons (Fsp3) is 0.409. The Morgan fingerprint density at radius 1 is 1.15 bits per heavy atom. The molecule has 142 valence electrons. The molecule has 1 saturated heterocycles. The lowest BCUT2D eigenvalue weighted by molar-refractivity contribution is -0.121. The largest absolute Gasteiger partial charge is 0.468 e. The highest BCUT2D eigenvalue weighted by atomic mass is 16.3. The second kappa shape index (κ2) is 8.44. The van der Waals surface area contributed by atoms with E-state index in [9.17, 15) is 4.79 Å². The van der Waals surface area contributed by atoms with Crippen LogP contribution in [0.5, 0.6) is 0 Å². The molecule has 5 heteroatoms. The summed E-state index contributed by atoms with van der Waals surface area (Å²) >= 11 is 0. The summed E-state index contributed by atoms with van der Waals surface area (Å²) in [6, 6.07) is 12.3. The minimum absolute atomic E-state index is 0.0915. The number of carbonyl (C=O) groups excluding carboxylic acids is 1. The molecule has 1 aliphatic heterocycles. The van der Waals surface area contributed by atoms with Crippen molar-refractivity contribution < 1.29 is 9.21 Å². The number of furan rings is 1. The Labute approximate surface area is 159 Å². The maximum atomic E-state index is 12.5. The van der Waals surface area contributed by atoms with E-state index in [0.29, 0.717) is 13.0 Å². The maximum absolute atomic E-state index is 12.5. The summed E-state index contributed by atoms with van der Waals surface area (Å²) in [7, 11) is 0. The monoisotopic (exact) mass is 365 g/mol. The minimum Gasteiger partial charge on any atom is -0.468 e. The summed E-state index contributed by atoms with van der Waals surface area (Å²) in [5, 5.41) is 4.33. The van der Waals surface area contributed by atoms with E-state index in [1.54, 1.807) is 6.26 Å². The molecule has 0 spiro atoms. The number of benzene rings is 1. The van der Waals surface area contributed by atoms with Crippen LogP contribution < -0.4 is 5.32 Å². The van der Waals surface area contributed by atoms with Gasteiger partial charge in [-0.3, -0.25) is 9.69 Å². The molecule has 4 rings (SSSR count). The lowest BCUT2D eigenvalue weighted by Gasteiger charge is -2.33. The molecule has 0 aliphatic carbocycles. The summed E-state index contributed by atoms with van der Waals surface area (Å²) in [4.78, 5) is 18.2.